The van der Waals surface area contributed by atoms with Gasteiger partial charge in [-0.05, 0) is 6.07 Å². The standard InChI is InChI=1S/C6H5N3/c1-2-8-9-6-4-7-3-5(1)6/h1-2,4H,3H2. The maximum atomic E-state index is 4.02. The molecule has 0 amide bonds. The van der Waals surface area contributed by atoms with Gasteiger partial charge in [0.2, 0.25) is 0 Å². The van der Waals surface area contributed by atoms with E-state index in [9.17, 15) is 0 Å². The Morgan fingerprint density at radius 2 is 2.44 bits per heavy atom. The topological polar surface area (TPSA) is 38.1 Å². The Balaban J connectivity index is 2.63. The molecular formula is C6H5N3. The number of rotatable bonds is 0. The summed E-state index contributed by atoms with van der Waals surface area (Å²) in [6.45, 7) is 0.769. The first-order valence-corrected chi connectivity index (χ1v) is 2.77. The first-order valence-electron chi connectivity index (χ1n) is 2.77. The van der Waals surface area contributed by atoms with Gasteiger partial charge in [-0.15, -0.1) is 5.10 Å². The molecule has 0 unspecified atom stereocenters. The fraction of sp³-hybridized carbons (Fsp3) is 0.167. The van der Waals surface area contributed by atoms with Gasteiger partial charge in [0.25, 0.3) is 0 Å². The summed E-state index contributed by atoms with van der Waals surface area (Å²) in [4.78, 5) is 4.02. The summed E-state index contributed by atoms with van der Waals surface area (Å²) < 4.78 is 0. The fourth-order valence-electron chi connectivity index (χ4n) is 0.841. The molecule has 0 aliphatic carbocycles. The summed E-state index contributed by atoms with van der Waals surface area (Å²) >= 11 is 0. The molecule has 3 nitrogen and oxygen atoms in total. The lowest BCUT2D eigenvalue weighted by molar-refractivity contribution is 0.988. The lowest BCUT2D eigenvalue weighted by atomic mass is 10.2. The molecule has 0 saturated carbocycles. The van der Waals surface area contributed by atoms with Crippen LogP contribution in [0.15, 0.2) is 17.3 Å². The van der Waals surface area contributed by atoms with Crippen LogP contribution in [0, 0.1) is 0 Å². The van der Waals surface area contributed by atoms with Crippen molar-refractivity contribution in [2.24, 2.45) is 4.99 Å². The van der Waals surface area contributed by atoms with Gasteiger partial charge in [-0.3, -0.25) is 4.99 Å². The van der Waals surface area contributed by atoms with Gasteiger partial charge in [-0.1, -0.05) is 0 Å². The molecule has 0 aromatic carbocycles. The second kappa shape index (κ2) is 1.62. The van der Waals surface area contributed by atoms with E-state index < -0.39 is 0 Å². The molecule has 0 saturated heterocycles. The Hall–Kier alpha value is -1.25. The molecule has 2 rings (SSSR count). The van der Waals surface area contributed by atoms with Crippen molar-refractivity contribution < 1.29 is 0 Å². The molecule has 0 fully saturated rings. The molecule has 0 radical (unpaired) electrons. The molecule has 2 heterocycles. The van der Waals surface area contributed by atoms with E-state index in [1.807, 2.05) is 6.07 Å². The van der Waals surface area contributed by atoms with E-state index in [2.05, 4.69) is 15.2 Å². The number of hydrogen-bond acceptors (Lipinski definition) is 3. The summed E-state index contributed by atoms with van der Waals surface area (Å²) in [5, 5.41) is 7.58. The van der Waals surface area contributed by atoms with Gasteiger partial charge in [0.15, 0.2) is 0 Å². The largest absolute Gasteiger partial charge is 0.286 e. The normalized spacial score (nSPS) is 13.8. The van der Waals surface area contributed by atoms with Crippen LogP contribution in [-0.4, -0.2) is 16.4 Å². The van der Waals surface area contributed by atoms with Crippen LogP contribution < -0.4 is 0 Å². The minimum absolute atomic E-state index is 0.769. The van der Waals surface area contributed by atoms with Crippen molar-refractivity contribution in [2.75, 3.05) is 0 Å². The highest BCUT2D eigenvalue weighted by molar-refractivity contribution is 5.81. The highest BCUT2D eigenvalue weighted by Gasteiger charge is 2.04. The molecule has 44 valence electrons. The van der Waals surface area contributed by atoms with Gasteiger partial charge in [0.1, 0.15) is 5.69 Å². The summed E-state index contributed by atoms with van der Waals surface area (Å²) in [5.74, 6) is 0. The van der Waals surface area contributed by atoms with Crippen molar-refractivity contribution >= 4 is 6.21 Å². The van der Waals surface area contributed by atoms with Crippen LogP contribution in [0.2, 0.25) is 0 Å². The molecule has 1 aliphatic rings. The van der Waals surface area contributed by atoms with E-state index in [1.54, 1.807) is 12.4 Å². The van der Waals surface area contributed by atoms with Gasteiger partial charge in [0, 0.05) is 18.0 Å². The predicted octanol–water partition coefficient (Wildman–Crippen LogP) is 0.409. The number of aliphatic imine (C=N–C) groups is 1. The van der Waals surface area contributed by atoms with Crippen LogP contribution in [0.4, 0.5) is 0 Å². The summed E-state index contributed by atoms with van der Waals surface area (Å²) in [6, 6.07) is 1.94. The summed E-state index contributed by atoms with van der Waals surface area (Å²) in [7, 11) is 0. The lowest BCUT2D eigenvalue weighted by Crippen LogP contribution is -1.90. The molecule has 0 atom stereocenters. The molecule has 0 N–H and O–H groups in total. The molecular weight excluding hydrogens is 114 g/mol. The van der Waals surface area contributed by atoms with Gasteiger partial charge in [0.05, 0.1) is 6.54 Å². The quantitative estimate of drug-likeness (QED) is 0.496. The number of aromatic nitrogens is 2. The third kappa shape index (κ3) is 0.614. The second-order valence-electron chi connectivity index (χ2n) is 1.91. The van der Waals surface area contributed by atoms with Gasteiger partial charge in [-0.2, -0.15) is 5.10 Å². The molecule has 1 aromatic rings. The van der Waals surface area contributed by atoms with Crippen molar-refractivity contribution in [2.45, 2.75) is 6.54 Å². The summed E-state index contributed by atoms with van der Waals surface area (Å²) in [5.41, 5.74) is 2.09. The predicted molar refractivity (Wildman–Crippen MR) is 33.3 cm³/mol. The molecule has 0 bridgehead atoms. The smallest absolute Gasteiger partial charge is 0.109 e. The zero-order chi connectivity index (χ0) is 6.10. The second-order valence-corrected chi connectivity index (χ2v) is 1.91. The van der Waals surface area contributed by atoms with Gasteiger partial charge in [-0.25, -0.2) is 0 Å². The SMILES string of the molecule is C1=NCc2ccnnc21. The van der Waals surface area contributed by atoms with Crippen LogP contribution >= 0.6 is 0 Å². The monoisotopic (exact) mass is 119 g/mol. The third-order valence-electron chi connectivity index (χ3n) is 1.31. The number of hydrogen-bond donors (Lipinski definition) is 0. The molecule has 0 spiro atoms. The minimum atomic E-state index is 0.769. The van der Waals surface area contributed by atoms with E-state index in [-0.39, 0.29) is 0 Å². The van der Waals surface area contributed by atoms with E-state index in [0.29, 0.717) is 0 Å². The van der Waals surface area contributed by atoms with Crippen LogP contribution in [0.1, 0.15) is 11.3 Å². The van der Waals surface area contributed by atoms with E-state index in [0.717, 1.165) is 12.2 Å². The van der Waals surface area contributed by atoms with Crippen molar-refractivity contribution in [3.8, 4) is 0 Å². The van der Waals surface area contributed by atoms with Crippen LogP contribution in [0.25, 0.3) is 0 Å². The zero-order valence-electron chi connectivity index (χ0n) is 4.78. The molecule has 9 heavy (non-hydrogen) atoms. The van der Waals surface area contributed by atoms with Crippen molar-refractivity contribution in [3.63, 3.8) is 0 Å². The number of fused-ring (bicyclic) bond motifs is 1. The summed E-state index contributed by atoms with van der Waals surface area (Å²) in [6.07, 6.45) is 3.44. The molecule has 3 heteroatoms. The van der Waals surface area contributed by atoms with Crippen molar-refractivity contribution in [1.82, 2.24) is 10.2 Å². The minimum Gasteiger partial charge on any atom is -0.286 e. The third-order valence-corrected chi connectivity index (χ3v) is 1.31. The Morgan fingerprint density at radius 3 is 3.33 bits per heavy atom. The average molecular weight is 119 g/mol. The average Bonchev–Trinajstić information content (AvgIpc) is 2.33. The highest BCUT2D eigenvalue weighted by Crippen LogP contribution is 2.08. The van der Waals surface area contributed by atoms with Crippen LogP contribution in [0.5, 0.6) is 0 Å². The lowest BCUT2D eigenvalue weighted by Gasteiger charge is -1.88. The van der Waals surface area contributed by atoms with E-state index in [4.69, 9.17) is 0 Å². The van der Waals surface area contributed by atoms with Gasteiger partial charge < -0.3 is 0 Å². The molecule has 1 aromatic heterocycles. The van der Waals surface area contributed by atoms with E-state index >= 15 is 0 Å². The van der Waals surface area contributed by atoms with Crippen LogP contribution in [0.3, 0.4) is 0 Å². The Kier molecular flexibility index (Phi) is 0.828. The highest BCUT2D eigenvalue weighted by atomic mass is 15.1. The maximum absolute atomic E-state index is 4.02. The zero-order valence-corrected chi connectivity index (χ0v) is 4.78. The van der Waals surface area contributed by atoms with E-state index in [1.165, 1.54) is 5.56 Å². The Morgan fingerprint density at radius 1 is 1.44 bits per heavy atom. The maximum Gasteiger partial charge on any atom is 0.109 e. The van der Waals surface area contributed by atoms with Crippen molar-refractivity contribution in [3.05, 3.63) is 23.5 Å². The Labute approximate surface area is 52.5 Å². The number of nitrogens with zero attached hydrogens (tertiary/aromatic N) is 3. The fourth-order valence-corrected chi connectivity index (χ4v) is 0.841. The first-order chi connectivity index (χ1) is 4.47. The first kappa shape index (κ1) is 4.61. The van der Waals surface area contributed by atoms with Crippen molar-refractivity contribution in [1.29, 1.82) is 0 Å². The Bertz CT molecular complexity index is 254. The van der Waals surface area contributed by atoms with Crippen LogP contribution in [-0.2, 0) is 6.54 Å². The van der Waals surface area contributed by atoms with Gasteiger partial charge >= 0.3 is 0 Å². The molecule has 1 aliphatic heterocycles.